The van der Waals surface area contributed by atoms with E-state index in [0.717, 1.165) is 16.7 Å². The summed E-state index contributed by atoms with van der Waals surface area (Å²) in [6, 6.07) is 15.3. The van der Waals surface area contributed by atoms with Crippen molar-refractivity contribution in [3.63, 3.8) is 0 Å². The number of amides is 2. The standard InChI is InChI=1S/C34H42N4O9/c1-20(2)47-30-17-23(19-39)16-25(27(30)10-12-31(41)42)18-36-29-11-5-21(3)15-28(29)33(43)37-26-8-6-24(7-9-26)32(35)38-34(44)46-14-13-45-22(4)40/h5-9,11,15-17,20,31,36,39,41-42H,10,12-14,18-19H2,1-4H3,(H,37,43)(H2,35,38,44). The zero-order chi connectivity index (χ0) is 34.5. The zero-order valence-corrected chi connectivity index (χ0v) is 26.9. The lowest BCUT2D eigenvalue weighted by atomic mass is 9.98. The fourth-order valence-electron chi connectivity index (χ4n) is 4.57. The lowest BCUT2D eigenvalue weighted by Gasteiger charge is -2.21. The van der Waals surface area contributed by atoms with Gasteiger partial charge in [-0.1, -0.05) is 17.7 Å². The first-order valence-electron chi connectivity index (χ1n) is 15.1. The summed E-state index contributed by atoms with van der Waals surface area (Å²) in [5.74, 6) is -0.546. The second kappa shape index (κ2) is 17.6. The fraction of sp³-hybridized carbons (Fsp3) is 0.353. The van der Waals surface area contributed by atoms with Crippen molar-refractivity contribution in [2.24, 2.45) is 0 Å². The van der Waals surface area contributed by atoms with Gasteiger partial charge in [-0.25, -0.2) is 4.79 Å². The summed E-state index contributed by atoms with van der Waals surface area (Å²) in [6.45, 7) is 6.68. The smallest absolute Gasteiger partial charge is 0.412 e. The van der Waals surface area contributed by atoms with Crippen LogP contribution in [0.3, 0.4) is 0 Å². The molecule has 0 aromatic heterocycles. The van der Waals surface area contributed by atoms with Crippen molar-refractivity contribution in [1.29, 1.82) is 5.41 Å². The van der Waals surface area contributed by atoms with E-state index >= 15 is 0 Å². The number of amidine groups is 1. The topological polar surface area (TPSA) is 200 Å². The van der Waals surface area contributed by atoms with Crippen molar-refractivity contribution < 1.29 is 43.9 Å². The lowest BCUT2D eigenvalue weighted by molar-refractivity contribution is -0.141. The molecule has 13 nitrogen and oxygen atoms in total. The number of aliphatic hydroxyl groups excluding tert-OH is 2. The monoisotopic (exact) mass is 650 g/mol. The molecule has 0 aliphatic rings. The molecule has 3 aromatic carbocycles. The van der Waals surface area contributed by atoms with E-state index in [4.69, 9.17) is 14.9 Å². The molecule has 13 heteroatoms. The van der Waals surface area contributed by atoms with Crippen LogP contribution in [-0.2, 0) is 33.8 Å². The second-order valence-corrected chi connectivity index (χ2v) is 11.0. The van der Waals surface area contributed by atoms with Crippen molar-refractivity contribution >= 4 is 35.2 Å². The molecule has 3 rings (SSSR count). The minimum absolute atomic E-state index is 0.0914. The second-order valence-electron chi connectivity index (χ2n) is 11.0. The summed E-state index contributed by atoms with van der Waals surface area (Å²) in [4.78, 5) is 36.1. The number of alkyl carbamates (subject to hydrolysis) is 1. The average Bonchev–Trinajstić information content (AvgIpc) is 3.01. The maximum atomic E-state index is 13.4. The quantitative estimate of drug-likeness (QED) is 0.0415. The third-order valence-corrected chi connectivity index (χ3v) is 6.73. The first kappa shape index (κ1) is 36.5. The summed E-state index contributed by atoms with van der Waals surface area (Å²) in [5.41, 5.74) is 4.80. The Kier molecular flexibility index (Phi) is 13.7. The number of benzene rings is 3. The van der Waals surface area contributed by atoms with Crippen LogP contribution in [0, 0.1) is 12.3 Å². The van der Waals surface area contributed by atoms with Gasteiger partial charge in [0.1, 0.15) is 24.8 Å². The molecule has 7 N–H and O–H groups in total. The maximum absolute atomic E-state index is 13.4. The summed E-state index contributed by atoms with van der Waals surface area (Å²) in [7, 11) is 0. The van der Waals surface area contributed by atoms with Crippen molar-refractivity contribution in [2.45, 2.75) is 66.1 Å². The van der Waals surface area contributed by atoms with Crippen molar-refractivity contribution in [1.82, 2.24) is 5.32 Å². The molecular weight excluding hydrogens is 608 g/mol. The van der Waals surface area contributed by atoms with E-state index < -0.39 is 18.4 Å². The van der Waals surface area contributed by atoms with Crippen LogP contribution in [-0.4, -0.2) is 64.7 Å². The normalized spacial score (nSPS) is 10.8. The Labute approximate surface area is 273 Å². The van der Waals surface area contributed by atoms with Gasteiger partial charge in [-0.2, -0.15) is 0 Å². The minimum Gasteiger partial charge on any atom is -0.491 e. The van der Waals surface area contributed by atoms with Crippen LogP contribution in [0.15, 0.2) is 54.6 Å². The summed E-state index contributed by atoms with van der Waals surface area (Å²) in [6.07, 6.45) is -2.10. The molecule has 2 amide bonds. The van der Waals surface area contributed by atoms with Crippen LogP contribution >= 0.6 is 0 Å². The van der Waals surface area contributed by atoms with Gasteiger partial charge in [-0.15, -0.1) is 0 Å². The average molecular weight is 651 g/mol. The summed E-state index contributed by atoms with van der Waals surface area (Å²) in [5, 5.41) is 45.5. The highest BCUT2D eigenvalue weighted by Crippen LogP contribution is 2.30. The van der Waals surface area contributed by atoms with Crippen LogP contribution in [0.1, 0.15) is 65.4 Å². The number of anilines is 2. The van der Waals surface area contributed by atoms with Gasteiger partial charge in [0.15, 0.2) is 6.29 Å². The van der Waals surface area contributed by atoms with E-state index in [9.17, 15) is 29.7 Å². The number of esters is 1. The van der Waals surface area contributed by atoms with E-state index in [0.29, 0.717) is 40.2 Å². The van der Waals surface area contributed by atoms with Crippen molar-refractivity contribution in [3.05, 3.63) is 88.0 Å². The molecule has 0 unspecified atom stereocenters. The van der Waals surface area contributed by atoms with Crippen LogP contribution in [0.4, 0.5) is 16.2 Å². The first-order chi connectivity index (χ1) is 22.4. The summed E-state index contributed by atoms with van der Waals surface area (Å²) < 4.78 is 15.6. The van der Waals surface area contributed by atoms with E-state index in [1.54, 1.807) is 42.5 Å². The maximum Gasteiger partial charge on any atom is 0.412 e. The molecular formula is C34H42N4O9. The minimum atomic E-state index is -1.50. The zero-order valence-electron chi connectivity index (χ0n) is 26.9. The molecule has 0 aliphatic heterocycles. The fourth-order valence-corrected chi connectivity index (χ4v) is 4.57. The third-order valence-electron chi connectivity index (χ3n) is 6.73. The number of ether oxygens (including phenoxy) is 3. The van der Waals surface area contributed by atoms with E-state index in [2.05, 4.69) is 20.7 Å². The number of rotatable bonds is 15. The Morgan fingerprint density at radius 1 is 0.957 bits per heavy atom. The largest absolute Gasteiger partial charge is 0.491 e. The SMILES string of the molecule is CC(=O)OCCOC(=O)NC(=N)c1ccc(NC(=O)c2cc(C)ccc2NCc2cc(CO)cc(OC(C)C)c2CCC(O)O)cc1. The number of hydrogen-bond acceptors (Lipinski definition) is 11. The van der Waals surface area contributed by atoms with Gasteiger partial charge in [-0.3, -0.25) is 20.3 Å². The molecule has 0 saturated carbocycles. The molecule has 3 aromatic rings. The molecule has 252 valence electrons. The molecule has 0 fully saturated rings. The Bertz CT molecular complexity index is 1560. The van der Waals surface area contributed by atoms with Gasteiger partial charge < -0.3 is 40.2 Å². The molecule has 0 bridgehead atoms. The van der Waals surface area contributed by atoms with Crippen LogP contribution in [0.5, 0.6) is 5.75 Å². The molecule has 0 spiro atoms. The molecule has 0 heterocycles. The number of carbonyl (C=O) groups is 3. The van der Waals surface area contributed by atoms with Crippen molar-refractivity contribution in [3.8, 4) is 5.75 Å². The number of nitrogens with one attached hydrogen (secondary N) is 4. The first-order valence-corrected chi connectivity index (χ1v) is 15.1. The number of aliphatic hydroxyl groups is 3. The van der Waals surface area contributed by atoms with Gasteiger partial charge in [0.2, 0.25) is 0 Å². The van der Waals surface area contributed by atoms with Gasteiger partial charge in [-0.05, 0) is 86.3 Å². The predicted octanol–water partition coefficient (Wildman–Crippen LogP) is 4.00. The van der Waals surface area contributed by atoms with Crippen molar-refractivity contribution in [2.75, 3.05) is 23.8 Å². The van der Waals surface area contributed by atoms with Gasteiger partial charge in [0, 0.05) is 36.8 Å². The number of hydrogen-bond donors (Lipinski definition) is 7. The van der Waals surface area contributed by atoms with Crippen LogP contribution in [0.2, 0.25) is 0 Å². The lowest BCUT2D eigenvalue weighted by Crippen LogP contribution is -2.32. The van der Waals surface area contributed by atoms with E-state index in [-0.39, 0.29) is 50.6 Å². The third kappa shape index (κ3) is 11.7. The Hall–Kier alpha value is -4.98. The predicted molar refractivity (Wildman–Crippen MR) is 176 cm³/mol. The molecule has 0 atom stereocenters. The number of carbonyl (C=O) groups excluding carboxylic acids is 3. The molecule has 0 radical (unpaired) electrons. The molecule has 0 saturated heterocycles. The van der Waals surface area contributed by atoms with Crippen LogP contribution < -0.4 is 20.7 Å². The van der Waals surface area contributed by atoms with E-state index in [1.807, 2.05) is 32.9 Å². The highest BCUT2D eigenvalue weighted by molar-refractivity contribution is 6.09. The Morgan fingerprint density at radius 2 is 1.66 bits per heavy atom. The van der Waals surface area contributed by atoms with E-state index in [1.165, 1.54) is 6.92 Å². The van der Waals surface area contributed by atoms with Crippen LogP contribution in [0.25, 0.3) is 0 Å². The van der Waals surface area contributed by atoms with Gasteiger partial charge in [0.25, 0.3) is 5.91 Å². The number of aryl methyl sites for hydroxylation is 1. The molecule has 47 heavy (non-hydrogen) atoms. The highest BCUT2D eigenvalue weighted by atomic mass is 16.6. The summed E-state index contributed by atoms with van der Waals surface area (Å²) >= 11 is 0. The molecule has 0 aliphatic carbocycles. The Balaban J connectivity index is 1.73. The highest BCUT2D eigenvalue weighted by Gasteiger charge is 2.17. The van der Waals surface area contributed by atoms with Gasteiger partial charge in [0.05, 0.1) is 18.3 Å². The van der Waals surface area contributed by atoms with Gasteiger partial charge >= 0.3 is 12.1 Å². The Morgan fingerprint density at radius 3 is 2.30 bits per heavy atom.